The number of carbonyl (C=O) groups is 3. The minimum absolute atomic E-state index is 0.0717. The SMILES string of the molecule is COC(=O)[C@H](CC[S@](=O)c1ccccc1)NC(=O)[C@@H]1Cc2ccccc2CN1C(=O)OCc1ccccc1. The van der Waals surface area contributed by atoms with Crippen LogP contribution < -0.4 is 5.32 Å². The summed E-state index contributed by atoms with van der Waals surface area (Å²) in [5, 5.41) is 2.74. The van der Waals surface area contributed by atoms with Crippen molar-refractivity contribution in [3.63, 3.8) is 0 Å². The zero-order valence-corrected chi connectivity index (χ0v) is 21.9. The Bertz CT molecular complexity index is 1280. The lowest BCUT2D eigenvalue weighted by molar-refractivity contribution is -0.145. The predicted molar refractivity (Wildman–Crippen MR) is 142 cm³/mol. The molecule has 0 saturated carbocycles. The monoisotopic (exact) mass is 534 g/mol. The van der Waals surface area contributed by atoms with Crippen LogP contribution in [0, 0.1) is 0 Å². The predicted octanol–water partition coefficient (Wildman–Crippen LogP) is 3.61. The lowest BCUT2D eigenvalue weighted by atomic mass is 9.93. The molecule has 198 valence electrons. The number of amides is 2. The van der Waals surface area contributed by atoms with Crippen molar-refractivity contribution in [3.8, 4) is 0 Å². The molecule has 1 N–H and O–H groups in total. The maximum Gasteiger partial charge on any atom is 0.411 e. The Hall–Kier alpha value is -3.98. The number of methoxy groups -OCH3 is 1. The fourth-order valence-corrected chi connectivity index (χ4v) is 5.47. The van der Waals surface area contributed by atoms with E-state index in [1.807, 2.05) is 60.7 Å². The second kappa shape index (κ2) is 13.0. The molecule has 9 heteroatoms. The smallest absolute Gasteiger partial charge is 0.411 e. The second-order valence-electron chi connectivity index (χ2n) is 8.89. The van der Waals surface area contributed by atoms with Crippen LogP contribution in [0.4, 0.5) is 4.79 Å². The Morgan fingerprint density at radius 1 is 0.947 bits per heavy atom. The summed E-state index contributed by atoms with van der Waals surface area (Å²) in [6.45, 7) is 0.269. The molecule has 4 rings (SSSR count). The molecule has 0 spiro atoms. The van der Waals surface area contributed by atoms with Gasteiger partial charge in [-0.15, -0.1) is 0 Å². The van der Waals surface area contributed by atoms with Crippen LogP contribution in [0.5, 0.6) is 0 Å². The third-order valence-electron chi connectivity index (χ3n) is 6.39. The summed E-state index contributed by atoms with van der Waals surface area (Å²) in [6.07, 6.45) is -0.239. The maximum absolute atomic E-state index is 13.5. The first-order chi connectivity index (χ1) is 18.5. The highest BCUT2D eigenvalue weighted by atomic mass is 32.2. The normalized spacial score (nSPS) is 16.0. The number of nitrogens with zero attached hydrogens (tertiary/aromatic N) is 1. The van der Waals surface area contributed by atoms with Crippen molar-refractivity contribution in [3.05, 3.63) is 102 Å². The highest BCUT2D eigenvalue weighted by Gasteiger charge is 2.37. The molecular weight excluding hydrogens is 504 g/mol. The first-order valence-corrected chi connectivity index (χ1v) is 13.6. The minimum atomic E-state index is -1.35. The lowest BCUT2D eigenvalue weighted by Crippen LogP contribution is -2.55. The van der Waals surface area contributed by atoms with E-state index in [-0.39, 0.29) is 31.7 Å². The summed E-state index contributed by atoms with van der Waals surface area (Å²) in [7, 11) is -0.115. The molecule has 0 aromatic heterocycles. The Morgan fingerprint density at radius 2 is 1.58 bits per heavy atom. The molecule has 0 saturated heterocycles. The van der Waals surface area contributed by atoms with Crippen molar-refractivity contribution < 1.29 is 28.1 Å². The molecule has 0 radical (unpaired) electrons. The number of hydrogen-bond acceptors (Lipinski definition) is 6. The van der Waals surface area contributed by atoms with E-state index >= 15 is 0 Å². The van der Waals surface area contributed by atoms with Crippen LogP contribution in [0.25, 0.3) is 0 Å². The van der Waals surface area contributed by atoms with Crippen LogP contribution in [-0.4, -0.2) is 52.0 Å². The van der Waals surface area contributed by atoms with Gasteiger partial charge in [0.1, 0.15) is 18.7 Å². The minimum Gasteiger partial charge on any atom is -0.467 e. The molecule has 0 aliphatic carbocycles. The van der Waals surface area contributed by atoms with Crippen molar-refractivity contribution in [2.75, 3.05) is 12.9 Å². The Balaban J connectivity index is 1.48. The zero-order valence-electron chi connectivity index (χ0n) is 21.1. The number of ether oxygens (including phenoxy) is 2. The van der Waals surface area contributed by atoms with Gasteiger partial charge in [-0.1, -0.05) is 72.8 Å². The summed E-state index contributed by atoms with van der Waals surface area (Å²) in [5.41, 5.74) is 2.70. The number of rotatable bonds is 9. The Labute approximate surface area is 224 Å². The van der Waals surface area contributed by atoms with Crippen LogP contribution in [0.3, 0.4) is 0 Å². The zero-order chi connectivity index (χ0) is 26.9. The van der Waals surface area contributed by atoms with Gasteiger partial charge in [-0.25, -0.2) is 9.59 Å². The highest BCUT2D eigenvalue weighted by molar-refractivity contribution is 7.85. The van der Waals surface area contributed by atoms with Crippen LogP contribution in [0.1, 0.15) is 23.1 Å². The van der Waals surface area contributed by atoms with E-state index in [1.165, 1.54) is 12.0 Å². The summed E-state index contributed by atoms with van der Waals surface area (Å²) < 4.78 is 23.1. The molecule has 3 aromatic carbocycles. The fraction of sp³-hybridized carbons (Fsp3) is 0.276. The third kappa shape index (κ3) is 6.86. The first kappa shape index (κ1) is 27.1. The molecule has 8 nitrogen and oxygen atoms in total. The maximum atomic E-state index is 13.5. The van der Waals surface area contributed by atoms with Gasteiger partial charge in [-0.05, 0) is 35.2 Å². The average molecular weight is 535 g/mol. The first-order valence-electron chi connectivity index (χ1n) is 12.3. The third-order valence-corrected chi connectivity index (χ3v) is 7.80. The van der Waals surface area contributed by atoms with Crippen molar-refractivity contribution in [2.24, 2.45) is 0 Å². The topological polar surface area (TPSA) is 102 Å². The molecule has 1 aliphatic rings. The number of fused-ring (bicyclic) bond motifs is 1. The van der Waals surface area contributed by atoms with Crippen molar-refractivity contribution in [1.29, 1.82) is 0 Å². The lowest BCUT2D eigenvalue weighted by Gasteiger charge is -2.35. The van der Waals surface area contributed by atoms with Gasteiger partial charge in [0.25, 0.3) is 0 Å². The van der Waals surface area contributed by atoms with Crippen molar-refractivity contribution in [2.45, 2.75) is 43.0 Å². The summed E-state index contributed by atoms with van der Waals surface area (Å²) >= 11 is 0. The molecule has 0 fully saturated rings. The van der Waals surface area contributed by atoms with E-state index in [1.54, 1.807) is 24.3 Å². The molecular formula is C29H30N2O6S. The number of hydrogen-bond donors (Lipinski definition) is 1. The highest BCUT2D eigenvalue weighted by Crippen LogP contribution is 2.25. The van der Waals surface area contributed by atoms with Gasteiger partial charge in [0.2, 0.25) is 5.91 Å². The summed E-state index contributed by atoms with van der Waals surface area (Å²) in [4.78, 5) is 41.2. The van der Waals surface area contributed by atoms with E-state index in [9.17, 15) is 18.6 Å². The number of nitrogens with one attached hydrogen (secondary N) is 1. The summed E-state index contributed by atoms with van der Waals surface area (Å²) in [6, 6.07) is 23.9. The van der Waals surface area contributed by atoms with E-state index in [2.05, 4.69) is 5.32 Å². The molecule has 1 aliphatic heterocycles. The van der Waals surface area contributed by atoms with Gasteiger partial charge in [0.15, 0.2) is 0 Å². The molecule has 1 heterocycles. The molecule has 3 aromatic rings. The van der Waals surface area contributed by atoms with Gasteiger partial charge in [-0.3, -0.25) is 13.9 Å². The number of carbonyl (C=O) groups excluding carboxylic acids is 3. The van der Waals surface area contributed by atoms with Gasteiger partial charge in [0.05, 0.1) is 24.5 Å². The standard InChI is InChI=1S/C29H30N2O6S/c1-36-28(33)25(16-17-38(35)24-14-6-3-7-15-24)30-27(32)26-18-22-12-8-9-13-23(22)19-31(26)29(34)37-20-21-10-4-2-5-11-21/h2-15,25-26H,16-20H2,1H3,(H,30,32)/t25-,26-,38-/m0/s1. The second-order valence-corrected chi connectivity index (χ2v) is 10.5. The van der Waals surface area contributed by atoms with Crippen LogP contribution in [0.15, 0.2) is 89.8 Å². The van der Waals surface area contributed by atoms with Crippen LogP contribution >= 0.6 is 0 Å². The Morgan fingerprint density at radius 3 is 2.26 bits per heavy atom. The van der Waals surface area contributed by atoms with Crippen molar-refractivity contribution >= 4 is 28.8 Å². The van der Waals surface area contributed by atoms with Gasteiger partial charge in [-0.2, -0.15) is 0 Å². The van der Waals surface area contributed by atoms with Crippen LogP contribution in [-0.2, 0) is 49.4 Å². The number of esters is 1. The largest absolute Gasteiger partial charge is 0.467 e. The van der Waals surface area contributed by atoms with Crippen LogP contribution in [0.2, 0.25) is 0 Å². The van der Waals surface area contributed by atoms with E-state index < -0.39 is 40.9 Å². The molecule has 2 amide bonds. The molecule has 0 bridgehead atoms. The Kier molecular flexibility index (Phi) is 9.26. The van der Waals surface area contributed by atoms with E-state index in [0.29, 0.717) is 4.90 Å². The van der Waals surface area contributed by atoms with Gasteiger partial charge >= 0.3 is 12.1 Å². The van der Waals surface area contributed by atoms with Gasteiger partial charge < -0.3 is 14.8 Å². The van der Waals surface area contributed by atoms with E-state index in [0.717, 1.165) is 16.7 Å². The molecule has 0 unspecified atom stereocenters. The van der Waals surface area contributed by atoms with Crippen molar-refractivity contribution in [1.82, 2.24) is 10.2 Å². The van der Waals surface area contributed by atoms with E-state index in [4.69, 9.17) is 9.47 Å². The fourth-order valence-electron chi connectivity index (χ4n) is 4.33. The average Bonchev–Trinajstić information content (AvgIpc) is 2.97. The summed E-state index contributed by atoms with van der Waals surface area (Å²) in [5.74, 6) is -0.990. The molecule has 38 heavy (non-hydrogen) atoms. The quantitative estimate of drug-likeness (QED) is 0.421. The van der Waals surface area contributed by atoms with Gasteiger partial charge in [0, 0.05) is 17.1 Å². The number of benzene rings is 3. The molecule has 3 atom stereocenters.